The molecule has 0 bridgehead atoms. The van der Waals surface area contributed by atoms with Crippen LogP contribution in [0.3, 0.4) is 0 Å². The number of thioether (sulfide) groups is 1. The standard InChI is InChI=1S/C20H24N6O2S/c1-25(2)15-6-4-14(5-7-15)19-21-12-18(28-19)13-29-20-22-23-24-26(20)16-8-10-17(27-3)11-9-16/h4-11,18-19,21H,12-13H2,1-3H3/t18-,19+/m0/s1. The lowest BCUT2D eigenvalue weighted by Gasteiger charge is -2.16. The molecule has 1 saturated heterocycles. The first-order valence-corrected chi connectivity index (χ1v) is 10.3. The number of anilines is 1. The van der Waals surface area contributed by atoms with Gasteiger partial charge in [0.1, 0.15) is 12.0 Å². The maximum atomic E-state index is 6.18. The number of aromatic nitrogens is 4. The van der Waals surface area contributed by atoms with Gasteiger partial charge in [-0.3, -0.25) is 5.32 Å². The molecule has 9 heteroatoms. The van der Waals surface area contributed by atoms with Gasteiger partial charge in [0, 0.05) is 32.1 Å². The molecule has 1 N–H and O–H groups in total. The highest BCUT2D eigenvalue weighted by Crippen LogP contribution is 2.27. The average Bonchev–Trinajstić information content (AvgIpc) is 3.42. The fourth-order valence-corrected chi connectivity index (χ4v) is 3.98. The number of rotatable bonds is 7. The molecule has 3 aromatic rings. The zero-order valence-corrected chi connectivity index (χ0v) is 17.5. The average molecular weight is 413 g/mol. The van der Waals surface area contributed by atoms with Crippen molar-refractivity contribution in [3.8, 4) is 11.4 Å². The molecule has 2 aromatic carbocycles. The molecule has 0 spiro atoms. The maximum absolute atomic E-state index is 6.18. The van der Waals surface area contributed by atoms with E-state index in [9.17, 15) is 0 Å². The molecule has 0 aliphatic carbocycles. The fourth-order valence-electron chi connectivity index (χ4n) is 3.09. The Labute approximate surface area is 174 Å². The molecule has 2 atom stereocenters. The van der Waals surface area contributed by atoms with Gasteiger partial charge in [-0.1, -0.05) is 23.9 Å². The summed E-state index contributed by atoms with van der Waals surface area (Å²) in [6, 6.07) is 16.1. The predicted octanol–water partition coefficient (Wildman–Crippen LogP) is 2.52. The predicted molar refractivity (Wildman–Crippen MR) is 113 cm³/mol. The van der Waals surface area contributed by atoms with E-state index in [1.165, 1.54) is 5.69 Å². The first-order chi connectivity index (χ1) is 14.1. The van der Waals surface area contributed by atoms with Crippen molar-refractivity contribution in [2.75, 3.05) is 38.4 Å². The van der Waals surface area contributed by atoms with Crippen LogP contribution >= 0.6 is 11.8 Å². The Morgan fingerprint density at radius 2 is 1.93 bits per heavy atom. The van der Waals surface area contributed by atoms with Crippen molar-refractivity contribution >= 4 is 17.4 Å². The smallest absolute Gasteiger partial charge is 0.214 e. The van der Waals surface area contributed by atoms with Crippen LogP contribution in [-0.4, -0.2) is 59.8 Å². The first-order valence-electron chi connectivity index (χ1n) is 9.36. The van der Waals surface area contributed by atoms with E-state index in [1.54, 1.807) is 23.6 Å². The monoisotopic (exact) mass is 412 g/mol. The normalized spacial score (nSPS) is 18.7. The first kappa shape index (κ1) is 19.7. The third-order valence-electron chi connectivity index (χ3n) is 4.73. The number of hydrogen-bond acceptors (Lipinski definition) is 8. The zero-order valence-electron chi connectivity index (χ0n) is 16.6. The molecule has 0 radical (unpaired) electrons. The van der Waals surface area contributed by atoms with E-state index >= 15 is 0 Å². The lowest BCUT2D eigenvalue weighted by molar-refractivity contribution is 0.0534. The third kappa shape index (κ3) is 4.52. The molecule has 0 amide bonds. The van der Waals surface area contributed by atoms with Crippen molar-refractivity contribution < 1.29 is 9.47 Å². The molecule has 1 aromatic heterocycles. The van der Waals surface area contributed by atoms with Gasteiger partial charge in [0.2, 0.25) is 5.16 Å². The summed E-state index contributed by atoms with van der Waals surface area (Å²) in [6.07, 6.45) is -0.00561. The summed E-state index contributed by atoms with van der Waals surface area (Å²) < 4.78 is 13.1. The SMILES string of the molecule is COc1ccc(-n2nnnc2SC[C@@H]2CN[C@@H](c3ccc(N(C)C)cc3)O2)cc1. The van der Waals surface area contributed by atoms with Gasteiger partial charge in [-0.2, -0.15) is 4.68 Å². The summed E-state index contributed by atoms with van der Waals surface area (Å²) in [5.74, 6) is 1.56. The topological polar surface area (TPSA) is 77.3 Å². The molecule has 8 nitrogen and oxygen atoms in total. The van der Waals surface area contributed by atoms with Crippen molar-refractivity contribution in [1.82, 2.24) is 25.5 Å². The van der Waals surface area contributed by atoms with Gasteiger partial charge in [0.15, 0.2) is 0 Å². The molecule has 2 heterocycles. The molecule has 29 heavy (non-hydrogen) atoms. The lowest BCUT2D eigenvalue weighted by Crippen LogP contribution is -2.17. The van der Waals surface area contributed by atoms with Crippen LogP contribution in [0.5, 0.6) is 5.75 Å². The number of nitrogens with zero attached hydrogens (tertiary/aromatic N) is 5. The van der Waals surface area contributed by atoms with Gasteiger partial charge in [-0.05, 0) is 52.4 Å². The Balaban J connectivity index is 1.35. The minimum atomic E-state index is -0.0885. The Kier molecular flexibility index (Phi) is 5.98. The summed E-state index contributed by atoms with van der Waals surface area (Å²) in [5, 5.41) is 16.3. The molecular weight excluding hydrogens is 388 g/mol. The Morgan fingerprint density at radius 3 is 2.62 bits per heavy atom. The molecular formula is C20H24N6O2S. The number of benzene rings is 2. The van der Waals surface area contributed by atoms with Crippen LogP contribution in [0.15, 0.2) is 53.7 Å². The van der Waals surface area contributed by atoms with E-state index in [1.807, 2.05) is 38.4 Å². The van der Waals surface area contributed by atoms with Gasteiger partial charge in [-0.25, -0.2) is 0 Å². The molecule has 0 unspecified atom stereocenters. The second-order valence-electron chi connectivity index (χ2n) is 6.91. The number of methoxy groups -OCH3 is 1. The van der Waals surface area contributed by atoms with Crippen LogP contribution in [0.4, 0.5) is 5.69 Å². The van der Waals surface area contributed by atoms with Gasteiger partial charge in [0.05, 0.1) is 18.9 Å². The Bertz CT molecular complexity index is 929. The van der Waals surface area contributed by atoms with Crippen molar-refractivity contribution in [3.05, 3.63) is 54.1 Å². The van der Waals surface area contributed by atoms with Crippen LogP contribution in [0.2, 0.25) is 0 Å². The van der Waals surface area contributed by atoms with E-state index in [0.717, 1.165) is 34.5 Å². The van der Waals surface area contributed by atoms with Gasteiger partial charge in [-0.15, -0.1) is 5.10 Å². The van der Waals surface area contributed by atoms with Crippen LogP contribution in [-0.2, 0) is 4.74 Å². The zero-order chi connectivity index (χ0) is 20.2. The van der Waals surface area contributed by atoms with E-state index in [4.69, 9.17) is 9.47 Å². The number of ether oxygens (including phenoxy) is 2. The van der Waals surface area contributed by atoms with Crippen LogP contribution < -0.4 is 15.0 Å². The minimum absolute atomic E-state index is 0.0829. The van der Waals surface area contributed by atoms with Crippen LogP contribution in [0, 0.1) is 0 Å². The summed E-state index contributed by atoms with van der Waals surface area (Å²) in [5.41, 5.74) is 3.19. The summed E-state index contributed by atoms with van der Waals surface area (Å²) in [6.45, 7) is 0.789. The number of tetrazole rings is 1. The van der Waals surface area contributed by atoms with Crippen molar-refractivity contribution in [2.45, 2.75) is 17.5 Å². The highest BCUT2D eigenvalue weighted by atomic mass is 32.2. The Hall–Kier alpha value is -2.62. The minimum Gasteiger partial charge on any atom is -0.497 e. The van der Waals surface area contributed by atoms with E-state index in [0.29, 0.717) is 0 Å². The van der Waals surface area contributed by atoms with Crippen molar-refractivity contribution in [1.29, 1.82) is 0 Å². The molecule has 1 aliphatic heterocycles. The van der Waals surface area contributed by atoms with Gasteiger partial charge >= 0.3 is 0 Å². The van der Waals surface area contributed by atoms with Crippen molar-refractivity contribution in [3.63, 3.8) is 0 Å². The maximum Gasteiger partial charge on any atom is 0.214 e. The molecule has 0 saturated carbocycles. The number of nitrogens with one attached hydrogen (secondary N) is 1. The second kappa shape index (κ2) is 8.81. The fraction of sp³-hybridized carbons (Fsp3) is 0.350. The summed E-state index contributed by atoms with van der Waals surface area (Å²) in [4.78, 5) is 2.08. The molecule has 1 aliphatic rings. The molecule has 152 valence electrons. The third-order valence-corrected chi connectivity index (χ3v) is 5.78. The summed E-state index contributed by atoms with van der Waals surface area (Å²) in [7, 11) is 5.71. The largest absolute Gasteiger partial charge is 0.497 e. The van der Waals surface area contributed by atoms with Crippen LogP contribution in [0.1, 0.15) is 11.8 Å². The van der Waals surface area contributed by atoms with Crippen molar-refractivity contribution in [2.24, 2.45) is 0 Å². The lowest BCUT2D eigenvalue weighted by atomic mass is 10.2. The Morgan fingerprint density at radius 1 is 1.17 bits per heavy atom. The second-order valence-corrected chi connectivity index (χ2v) is 7.90. The van der Waals surface area contributed by atoms with Crippen LogP contribution in [0.25, 0.3) is 5.69 Å². The summed E-state index contributed by atoms with van der Waals surface area (Å²) >= 11 is 1.58. The number of hydrogen-bond donors (Lipinski definition) is 1. The van der Waals surface area contributed by atoms with E-state index in [2.05, 4.69) is 50.0 Å². The van der Waals surface area contributed by atoms with Gasteiger partial charge in [0.25, 0.3) is 0 Å². The van der Waals surface area contributed by atoms with Gasteiger partial charge < -0.3 is 14.4 Å². The molecule has 1 fully saturated rings. The highest BCUT2D eigenvalue weighted by molar-refractivity contribution is 7.99. The van der Waals surface area contributed by atoms with E-state index in [-0.39, 0.29) is 12.3 Å². The molecule has 4 rings (SSSR count). The quantitative estimate of drug-likeness (QED) is 0.593. The highest BCUT2D eigenvalue weighted by Gasteiger charge is 2.26. The van der Waals surface area contributed by atoms with E-state index < -0.39 is 0 Å².